The summed E-state index contributed by atoms with van der Waals surface area (Å²) in [5.74, 6) is -1.07. The van der Waals surface area contributed by atoms with Crippen LogP contribution in [0.5, 0.6) is 11.5 Å². The van der Waals surface area contributed by atoms with E-state index in [1.807, 2.05) is 6.07 Å². The van der Waals surface area contributed by atoms with Crippen LogP contribution in [0.25, 0.3) is 10.8 Å². The van der Waals surface area contributed by atoms with Gasteiger partial charge in [-0.05, 0) is 66.4 Å². The highest BCUT2D eigenvalue weighted by Crippen LogP contribution is 2.44. The number of phenols is 1. The zero-order valence-corrected chi connectivity index (χ0v) is 24.0. The Morgan fingerprint density at radius 1 is 0.909 bits per heavy atom. The lowest BCUT2D eigenvalue weighted by Gasteiger charge is -2.14. The van der Waals surface area contributed by atoms with Gasteiger partial charge in [0.1, 0.15) is 27.8 Å². The Morgan fingerprint density at radius 3 is 2.11 bits per heavy atom. The van der Waals surface area contributed by atoms with E-state index < -0.39 is 60.0 Å². The van der Waals surface area contributed by atoms with E-state index in [0.717, 1.165) is 18.2 Å². The summed E-state index contributed by atoms with van der Waals surface area (Å²) in [6.07, 6.45) is -1.72. The van der Waals surface area contributed by atoms with E-state index in [9.17, 15) is 41.3 Å². The van der Waals surface area contributed by atoms with Crippen molar-refractivity contribution in [3.63, 3.8) is 0 Å². The van der Waals surface area contributed by atoms with Crippen LogP contribution in [-0.2, 0) is 20.2 Å². The van der Waals surface area contributed by atoms with Crippen molar-refractivity contribution in [2.75, 3.05) is 12.3 Å². The zero-order valence-electron chi connectivity index (χ0n) is 22.4. The van der Waals surface area contributed by atoms with Crippen molar-refractivity contribution in [1.29, 1.82) is 5.26 Å². The molecule has 0 aliphatic carbocycles. The average molecular weight is 643 g/mol. The molecule has 1 atom stereocenters. The number of nitrogens with two attached hydrogens (primary N) is 1. The van der Waals surface area contributed by atoms with Gasteiger partial charge < -0.3 is 25.8 Å². The Bertz CT molecular complexity index is 2090. The summed E-state index contributed by atoms with van der Waals surface area (Å²) in [6.45, 7) is 0.781. The molecule has 1 unspecified atom stereocenters. The van der Waals surface area contributed by atoms with Gasteiger partial charge in [-0.25, -0.2) is 0 Å². The molecule has 16 nitrogen and oxygen atoms in total. The Kier molecular flexibility index (Phi) is 8.91. The van der Waals surface area contributed by atoms with Crippen LogP contribution >= 0.6 is 0 Å². The van der Waals surface area contributed by atoms with Gasteiger partial charge in [0.25, 0.3) is 20.2 Å². The van der Waals surface area contributed by atoms with Crippen LogP contribution in [0.3, 0.4) is 0 Å². The first-order valence-corrected chi connectivity index (χ1v) is 15.0. The summed E-state index contributed by atoms with van der Waals surface area (Å²) in [6, 6.07) is 13.4. The van der Waals surface area contributed by atoms with Crippen molar-refractivity contribution in [1.82, 2.24) is 0 Å². The first-order valence-electron chi connectivity index (χ1n) is 12.1. The first-order chi connectivity index (χ1) is 20.6. The van der Waals surface area contributed by atoms with Crippen molar-refractivity contribution in [2.45, 2.75) is 23.0 Å². The molecule has 0 aliphatic rings. The van der Waals surface area contributed by atoms with Crippen LogP contribution in [0.2, 0.25) is 0 Å². The number of fused-ring (bicyclic) bond motifs is 1. The summed E-state index contributed by atoms with van der Waals surface area (Å²) in [5, 5.41) is 54.5. The van der Waals surface area contributed by atoms with E-state index in [0.29, 0.717) is 16.8 Å². The number of anilines is 1. The molecule has 0 saturated heterocycles. The second kappa shape index (κ2) is 12.3. The van der Waals surface area contributed by atoms with Gasteiger partial charge >= 0.3 is 0 Å². The van der Waals surface area contributed by atoms with Crippen molar-refractivity contribution in [2.24, 2.45) is 20.5 Å². The zero-order chi connectivity index (χ0) is 32.4. The lowest BCUT2D eigenvalue weighted by molar-refractivity contribution is -0.0545. The highest BCUT2D eigenvalue weighted by Gasteiger charge is 2.25. The smallest absolute Gasteiger partial charge is 0.296 e. The number of hydrogen-bond donors (Lipinski definition) is 6. The van der Waals surface area contributed by atoms with Crippen molar-refractivity contribution >= 4 is 59.4 Å². The van der Waals surface area contributed by atoms with Crippen LogP contribution in [-0.4, -0.2) is 54.2 Å². The summed E-state index contributed by atoms with van der Waals surface area (Å²) < 4.78 is 72.3. The van der Waals surface area contributed by atoms with E-state index in [1.165, 1.54) is 12.1 Å². The normalized spacial score (nSPS) is 13.0. The standard InChI is InChI=1S/C26H22N6O10S2/c1-13-6-20(21(42-24(34)12-33)10-19(13)30-29-16-4-2-14(11-27)3-5-16)31-32-25-23(44(39,40)41)8-15-7-22(43(36,37)38)18(28)9-17(15)26(25)35/h2-10,24,33-35H,12,28H2,1H3,(H,36,37,38)(H,39,40,41). The van der Waals surface area contributed by atoms with Gasteiger partial charge in [0.15, 0.2) is 11.5 Å². The Hall–Kier alpha value is -5.03. The molecule has 18 heteroatoms. The molecule has 0 radical (unpaired) electrons. The average Bonchev–Trinajstić information content (AvgIpc) is 2.96. The minimum absolute atomic E-state index is 0.144. The molecule has 4 rings (SSSR count). The molecule has 0 amide bonds. The number of phenolic OH excluding ortho intramolecular Hbond substituents is 1. The number of aliphatic hydroxyl groups is 2. The number of aromatic hydroxyl groups is 1. The largest absolute Gasteiger partial charge is 0.505 e. The minimum Gasteiger partial charge on any atom is -0.505 e. The SMILES string of the molecule is Cc1cc(N=Nc2c(S(=O)(=O)O)cc3cc(S(=O)(=O)O)c(N)cc3c2O)c(OC(O)CO)cc1N=Nc1ccc(C#N)cc1. The van der Waals surface area contributed by atoms with E-state index in [4.69, 9.17) is 15.7 Å². The third-order valence-electron chi connectivity index (χ3n) is 5.96. The predicted octanol–water partition coefficient (Wildman–Crippen LogP) is 4.32. The molecule has 0 aromatic heterocycles. The molecule has 4 aromatic rings. The fraction of sp³-hybridized carbons (Fsp3) is 0.115. The van der Waals surface area contributed by atoms with Gasteiger partial charge in [-0.15, -0.1) is 10.2 Å². The second-order valence-corrected chi connectivity index (χ2v) is 11.8. The molecule has 0 heterocycles. The van der Waals surface area contributed by atoms with Gasteiger partial charge in [0.05, 0.1) is 28.7 Å². The summed E-state index contributed by atoms with van der Waals surface area (Å²) in [7, 11) is -9.93. The molecule has 0 spiro atoms. The summed E-state index contributed by atoms with van der Waals surface area (Å²) in [4.78, 5) is -1.74. The van der Waals surface area contributed by atoms with Gasteiger partial charge in [-0.3, -0.25) is 9.11 Å². The molecule has 0 bridgehead atoms. The number of nitriles is 1. The number of aliphatic hydroxyl groups excluding tert-OH is 2. The first kappa shape index (κ1) is 31.9. The molecular weight excluding hydrogens is 620 g/mol. The molecule has 44 heavy (non-hydrogen) atoms. The predicted molar refractivity (Wildman–Crippen MR) is 154 cm³/mol. The summed E-state index contributed by atoms with van der Waals surface area (Å²) in [5.41, 5.74) is 5.81. The van der Waals surface area contributed by atoms with E-state index in [2.05, 4.69) is 20.5 Å². The molecule has 228 valence electrons. The second-order valence-electron chi connectivity index (χ2n) is 9.05. The topological polar surface area (TPSA) is 278 Å². The van der Waals surface area contributed by atoms with Gasteiger partial charge in [0, 0.05) is 11.5 Å². The highest BCUT2D eigenvalue weighted by atomic mass is 32.2. The number of aryl methyl sites for hydroxylation is 1. The number of benzene rings is 4. The maximum Gasteiger partial charge on any atom is 0.296 e. The third-order valence-corrected chi connectivity index (χ3v) is 7.74. The fourth-order valence-corrected chi connectivity index (χ4v) is 5.14. The van der Waals surface area contributed by atoms with E-state index >= 15 is 0 Å². The van der Waals surface area contributed by atoms with E-state index in [1.54, 1.807) is 31.2 Å². The number of azo groups is 2. The van der Waals surface area contributed by atoms with Crippen molar-refractivity contribution in [3.8, 4) is 17.6 Å². The minimum atomic E-state index is -5.10. The number of hydrogen-bond acceptors (Lipinski definition) is 14. The monoisotopic (exact) mass is 642 g/mol. The summed E-state index contributed by atoms with van der Waals surface area (Å²) >= 11 is 0. The molecule has 0 saturated carbocycles. The number of rotatable bonds is 9. The molecule has 0 aliphatic heterocycles. The van der Waals surface area contributed by atoms with Crippen LogP contribution in [0.15, 0.2) is 84.8 Å². The fourth-order valence-electron chi connectivity index (χ4n) is 3.85. The van der Waals surface area contributed by atoms with Gasteiger partial charge in [0.2, 0.25) is 6.29 Å². The van der Waals surface area contributed by atoms with Crippen molar-refractivity contribution in [3.05, 3.63) is 65.7 Å². The third kappa shape index (κ3) is 6.95. The molecule has 0 fully saturated rings. The van der Waals surface area contributed by atoms with Crippen LogP contribution < -0.4 is 10.5 Å². The Labute approximate surface area is 249 Å². The van der Waals surface area contributed by atoms with Gasteiger partial charge in [-0.2, -0.15) is 32.3 Å². The molecular formula is C26H22N6O10S2. The van der Waals surface area contributed by atoms with Crippen LogP contribution in [0.1, 0.15) is 11.1 Å². The highest BCUT2D eigenvalue weighted by molar-refractivity contribution is 7.86. The number of nitrogens with zero attached hydrogens (tertiary/aromatic N) is 5. The lowest BCUT2D eigenvalue weighted by Crippen LogP contribution is -2.19. The molecule has 7 N–H and O–H groups in total. The molecule has 4 aromatic carbocycles. The number of ether oxygens (including phenoxy) is 1. The quantitative estimate of drug-likeness (QED) is 0.0644. The van der Waals surface area contributed by atoms with Crippen LogP contribution in [0, 0.1) is 18.3 Å². The number of nitrogen functional groups attached to an aromatic ring is 1. The van der Waals surface area contributed by atoms with Crippen molar-refractivity contribution < 1.29 is 46.0 Å². The van der Waals surface area contributed by atoms with E-state index in [-0.39, 0.29) is 27.9 Å². The maximum absolute atomic E-state index is 12.2. The lowest BCUT2D eigenvalue weighted by atomic mass is 10.1. The Morgan fingerprint density at radius 2 is 1.52 bits per heavy atom. The van der Waals surface area contributed by atoms with Crippen LogP contribution in [0.4, 0.5) is 28.4 Å². The Balaban J connectivity index is 1.85. The van der Waals surface area contributed by atoms with Gasteiger partial charge in [-0.1, -0.05) is 0 Å². The maximum atomic E-state index is 12.2.